The summed E-state index contributed by atoms with van der Waals surface area (Å²) in [4.78, 5) is 0. The SMILES string of the molecule is CCNC1CCCC(Sc2nnnn2-c2ccccc2)C1. The van der Waals surface area contributed by atoms with Crippen LogP contribution in [0.2, 0.25) is 0 Å². The van der Waals surface area contributed by atoms with E-state index in [1.54, 1.807) is 0 Å². The molecule has 112 valence electrons. The molecule has 1 aromatic heterocycles. The van der Waals surface area contributed by atoms with Gasteiger partial charge in [0.05, 0.1) is 5.69 Å². The maximum Gasteiger partial charge on any atom is 0.214 e. The number of benzene rings is 1. The standard InChI is InChI=1S/C15H21N5S/c1-2-16-12-7-6-10-14(11-12)21-15-17-18-19-20(15)13-8-4-3-5-9-13/h3-5,8-9,12,14,16H,2,6-7,10-11H2,1H3. The van der Waals surface area contributed by atoms with E-state index in [0.717, 1.165) is 17.4 Å². The third kappa shape index (κ3) is 3.63. The molecule has 1 fully saturated rings. The lowest BCUT2D eigenvalue weighted by molar-refractivity contribution is 0.387. The van der Waals surface area contributed by atoms with Crippen molar-refractivity contribution in [3.63, 3.8) is 0 Å². The van der Waals surface area contributed by atoms with Crippen molar-refractivity contribution in [2.45, 2.75) is 49.1 Å². The van der Waals surface area contributed by atoms with E-state index in [4.69, 9.17) is 0 Å². The van der Waals surface area contributed by atoms with Crippen LogP contribution in [-0.2, 0) is 0 Å². The number of tetrazole rings is 1. The summed E-state index contributed by atoms with van der Waals surface area (Å²) >= 11 is 1.81. The normalized spacial score (nSPS) is 22.3. The van der Waals surface area contributed by atoms with E-state index >= 15 is 0 Å². The maximum absolute atomic E-state index is 4.20. The van der Waals surface area contributed by atoms with Crippen molar-refractivity contribution in [1.82, 2.24) is 25.5 Å². The number of hydrogen-bond acceptors (Lipinski definition) is 5. The summed E-state index contributed by atoms with van der Waals surface area (Å²) in [6.45, 7) is 3.22. The Morgan fingerprint density at radius 1 is 1.29 bits per heavy atom. The summed E-state index contributed by atoms with van der Waals surface area (Å²) < 4.78 is 1.83. The number of thioether (sulfide) groups is 1. The Bertz CT molecular complexity index is 554. The molecular formula is C15H21N5S. The Morgan fingerprint density at radius 2 is 2.14 bits per heavy atom. The van der Waals surface area contributed by atoms with Gasteiger partial charge in [0.1, 0.15) is 0 Å². The summed E-state index contributed by atoms with van der Waals surface area (Å²) in [7, 11) is 0. The van der Waals surface area contributed by atoms with Gasteiger partial charge in [0.15, 0.2) is 0 Å². The summed E-state index contributed by atoms with van der Waals surface area (Å²) in [6, 6.07) is 10.7. The molecule has 1 aliphatic carbocycles. The molecule has 0 bridgehead atoms. The molecule has 1 N–H and O–H groups in total. The van der Waals surface area contributed by atoms with Gasteiger partial charge in [0.2, 0.25) is 5.16 Å². The quantitative estimate of drug-likeness (QED) is 0.920. The highest BCUT2D eigenvalue weighted by molar-refractivity contribution is 7.99. The van der Waals surface area contributed by atoms with Crippen molar-refractivity contribution in [3.8, 4) is 5.69 Å². The second-order valence-corrected chi connectivity index (χ2v) is 6.64. The molecule has 0 radical (unpaired) electrons. The van der Waals surface area contributed by atoms with E-state index < -0.39 is 0 Å². The molecular weight excluding hydrogens is 282 g/mol. The molecule has 0 saturated heterocycles. The Kier molecular flexibility index (Phi) is 4.87. The first-order valence-electron chi connectivity index (χ1n) is 7.60. The van der Waals surface area contributed by atoms with E-state index in [1.165, 1.54) is 25.7 Å². The van der Waals surface area contributed by atoms with E-state index in [2.05, 4.69) is 27.8 Å². The van der Waals surface area contributed by atoms with Gasteiger partial charge in [-0.1, -0.05) is 43.3 Å². The fourth-order valence-electron chi connectivity index (χ4n) is 2.86. The van der Waals surface area contributed by atoms with Crippen LogP contribution < -0.4 is 5.32 Å². The number of nitrogens with zero attached hydrogens (tertiary/aromatic N) is 4. The molecule has 1 saturated carbocycles. The van der Waals surface area contributed by atoms with Gasteiger partial charge in [-0.05, 0) is 48.4 Å². The minimum Gasteiger partial charge on any atom is -0.314 e. The van der Waals surface area contributed by atoms with Gasteiger partial charge < -0.3 is 5.32 Å². The Labute approximate surface area is 129 Å². The lowest BCUT2D eigenvalue weighted by Crippen LogP contribution is -2.34. The Morgan fingerprint density at radius 3 is 2.95 bits per heavy atom. The summed E-state index contributed by atoms with van der Waals surface area (Å²) in [5.41, 5.74) is 1.02. The second kappa shape index (κ2) is 7.04. The smallest absolute Gasteiger partial charge is 0.214 e. The molecule has 1 aliphatic rings. The van der Waals surface area contributed by atoms with Crippen molar-refractivity contribution in [1.29, 1.82) is 0 Å². The molecule has 21 heavy (non-hydrogen) atoms. The van der Waals surface area contributed by atoms with E-state index in [0.29, 0.717) is 11.3 Å². The molecule has 2 atom stereocenters. The summed E-state index contributed by atoms with van der Waals surface area (Å²) in [5, 5.41) is 17.2. The lowest BCUT2D eigenvalue weighted by atomic mass is 9.95. The Balaban J connectivity index is 1.70. The van der Waals surface area contributed by atoms with Gasteiger partial charge in [-0.25, -0.2) is 0 Å². The highest BCUT2D eigenvalue weighted by Gasteiger charge is 2.24. The number of rotatable bonds is 5. The molecule has 1 heterocycles. The van der Waals surface area contributed by atoms with Crippen LogP contribution in [0, 0.1) is 0 Å². The first kappa shape index (κ1) is 14.5. The highest BCUT2D eigenvalue weighted by atomic mass is 32.2. The maximum atomic E-state index is 4.20. The first-order valence-corrected chi connectivity index (χ1v) is 8.48. The molecule has 1 aromatic carbocycles. The lowest BCUT2D eigenvalue weighted by Gasteiger charge is -2.28. The third-order valence-corrected chi connectivity index (χ3v) is 5.06. The highest BCUT2D eigenvalue weighted by Crippen LogP contribution is 2.33. The van der Waals surface area contributed by atoms with Gasteiger partial charge in [-0.3, -0.25) is 0 Å². The summed E-state index contributed by atoms with van der Waals surface area (Å²) in [6.07, 6.45) is 5.01. The van der Waals surface area contributed by atoms with Crippen LogP contribution in [0.5, 0.6) is 0 Å². The van der Waals surface area contributed by atoms with Gasteiger partial charge in [-0.2, -0.15) is 4.68 Å². The van der Waals surface area contributed by atoms with Gasteiger partial charge in [0, 0.05) is 11.3 Å². The minimum absolute atomic E-state index is 0.594. The average Bonchev–Trinajstić information content (AvgIpc) is 2.97. The molecule has 0 spiro atoms. The van der Waals surface area contributed by atoms with Crippen molar-refractivity contribution >= 4 is 11.8 Å². The van der Waals surface area contributed by atoms with Gasteiger partial charge in [-0.15, -0.1) is 5.10 Å². The number of hydrogen-bond donors (Lipinski definition) is 1. The minimum atomic E-state index is 0.594. The van der Waals surface area contributed by atoms with Crippen molar-refractivity contribution in [2.75, 3.05) is 6.54 Å². The zero-order valence-corrected chi connectivity index (χ0v) is 13.1. The van der Waals surface area contributed by atoms with Crippen LogP contribution in [0.15, 0.2) is 35.5 Å². The van der Waals surface area contributed by atoms with Crippen LogP contribution in [0.3, 0.4) is 0 Å². The monoisotopic (exact) mass is 303 g/mol. The zero-order chi connectivity index (χ0) is 14.5. The molecule has 3 rings (SSSR count). The molecule has 6 heteroatoms. The van der Waals surface area contributed by atoms with Gasteiger partial charge >= 0.3 is 0 Å². The largest absolute Gasteiger partial charge is 0.314 e. The van der Waals surface area contributed by atoms with E-state index in [-0.39, 0.29) is 0 Å². The molecule has 2 unspecified atom stereocenters. The van der Waals surface area contributed by atoms with Crippen LogP contribution in [-0.4, -0.2) is 38.0 Å². The number of nitrogens with one attached hydrogen (secondary N) is 1. The summed E-state index contributed by atoms with van der Waals surface area (Å²) in [5.74, 6) is 0. The van der Waals surface area contributed by atoms with E-state index in [9.17, 15) is 0 Å². The van der Waals surface area contributed by atoms with E-state index in [1.807, 2.05) is 46.8 Å². The predicted molar refractivity (Wildman–Crippen MR) is 84.7 cm³/mol. The predicted octanol–water partition coefficient (Wildman–Crippen LogP) is 2.68. The first-order chi connectivity index (χ1) is 10.4. The second-order valence-electron chi connectivity index (χ2n) is 5.37. The molecule has 5 nitrogen and oxygen atoms in total. The fourth-order valence-corrected chi connectivity index (χ4v) is 4.10. The van der Waals surface area contributed by atoms with Crippen LogP contribution >= 0.6 is 11.8 Å². The molecule has 0 aliphatic heterocycles. The van der Waals surface area contributed by atoms with Crippen LogP contribution in [0.1, 0.15) is 32.6 Å². The number of para-hydroxylation sites is 1. The fraction of sp³-hybridized carbons (Fsp3) is 0.533. The zero-order valence-electron chi connectivity index (χ0n) is 12.3. The average molecular weight is 303 g/mol. The van der Waals surface area contributed by atoms with Crippen molar-refractivity contribution < 1.29 is 0 Å². The molecule has 0 amide bonds. The van der Waals surface area contributed by atoms with Crippen molar-refractivity contribution in [2.24, 2.45) is 0 Å². The third-order valence-electron chi connectivity index (χ3n) is 3.83. The topological polar surface area (TPSA) is 55.6 Å². The van der Waals surface area contributed by atoms with Crippen molar-refractivity contribution in [3.05, 3.63) is 30.3 Å². The van der Waals surface area contributed by atoms with Crippen LogP contribution in [0.4, 0.5) is 0 Å². The van der Waals surface area contributed by atoms with Gasteiger partial charge in [0.25, 0.3) is 0 Å². The van der Waals surface area contributed by atoms with Crippen LogP contribution in [0.25, 0.3) is 5.69 Å². The Hall–Kier alpha value is -1.40. The molecule has 2 aromatic rings. The number of aromatic nitrogens is 4.